The maximum absolute atomic E-state index is 10.1. The zero-order valence-corrected chi connectivity index (χ0v) is 15.2. The highest BCUT2D eigenvalue weighted by atomic mass is 35.5. The SMILES string of the molecule is CCCCCCCCCCCCC(O)[N+](O)(CC)CC.[Cl-]. The minimum absolute atomic E-state index is 0. The average Bonchev–Trinajstić information content (AvgIpc) is 2.48. The Hall–Kier alpha value is 0.170. The molecule has 4 heteroatoms. The van der Waals surface area contributed by atoms with Crippen LogP contribution < -0.4 is 12.4 Å². The Bertz CT molecular complexity index is 211. The number of quaternary nitrogens is 1. The van der Waals surface area contributed by atoms with E-state index in [4.69, 9.17) is 0 Å². The van der Waals surface area contributed by atoms with Gasteiger partial charge in [0.25, 0.3) is 0 Å². The standard InChI is InChI=1S/C17H38NO2.ClH/c1-4-7-8-9-10-11-12-13-14-15-16-17(19)18(20,5-2)6-3;/h17,19-20H,4-16H2,1-3H3;1H/q+1;/p-1. The molecule has 1 atom stereocenters. The van der Waals surface area contributed by atoms with Gasteiger partial charge in [-0.05, 0) is 20.3 Å². The van der Waals surface area contributed by atoms with E-state index in [0.717, 1.165) is 6.42 Å². The zero-order valence-electron chi connectivity index (χ0n) is 14.5. The van der Waals surface area contributed by atoms with E-state index in [9.17, 15) is 10.3 Å². The van der Waals surface area contributed by atoms with Crippen LogP contribution in [0.15, 0.2) is 0 Å². The second kappa shape index (κ2) is 15.1. The third-order valence-electron chi connectivity index (χ3n) is 4.47. The highest BCUT2D eigenvalue weighted by Crippen LogP contribution is 2.16. The smallest absolute Gasteiger partial charge is 0.220 e. The number of aliphatic hydroxyl groups is 1. The number of rotatable bonds is 14. The van der Waals surface area contributed by atoms with E-state index in [1.165, 1.54) is 57.8 Å². The normalized spacial score (nSPS) is 13.0. The Morgan fingerprint density at radius 3 is 1.48 bits per heavy atom. The summed E-state index contributed by atoms with van der Waals surface area (Å²) in [5, 5.41) is 20.1. The quantitative estimate of drug-likeness (QED) is 0.222. The molecule has 0 spiro atoms. The van der Waals surface area contributed by atoms with Crippen LogP contribution in [0, 0.1) is 0 Å². The van der Waals surface area contributed by atoms with Crippen LogP contribution in [0.4, 0.5) is 0 Å². The van der Waals surface area contributed by atoms with Gasteiger partial charge in [-0.15, -0.1) is 0 Å². The molecule has 0 rings (SSSR count). The van der Waals surface area contributed by atoms with Gasteiger partial charge in [0.15, 0.2) is 0 Å². The fraction of sp³-hybridized carbons (Fsp3) is 1.00. The summed E-state index contributed by atoms with van der Waals surface area (Å²) in [7, 11) is 0. The van der Waals surface area contributed by atoms with Gasteiger partial charge >= 0.3 is 0 Å². The number of unbranched alkanes of at least 4 members (excludes halogenated alkanes) is 9. The predicted molar refractivity (Wildman–Crippen MR) is 85.6 cm³/mol. The molecule has 2 N–H and O–H groups in total. The molecule has 0 fully saturated rings. The topological polar surface area (TPSA) is 40.5 Å². The maximum atomic E-state index is 10.1. The van der Waals surface area contributed by atoms with Gasteiger partial charge in [-0.25, -0.2) is 5.21 Å². The first-order chi connectivity index (χ1) is 9.60. The molecular weight excluding hydrogens is 286 g/mol. The Labute approximate surface area is 138 Å². The zero-order chi connectivity index (χ0) is 15.3. The Kier molecular flexibility index (Phi) is 16.8. The number of hydrogen-bond acceptors (Lipinski definition) is 2. The van der Waals surface area contributed by atoms with Crippen molar-refractivity contribution >= 4 is 0 Å². The fourth-order valence-electron chi connectivity index (χ4n) is 2.70. The van der Waals surface area contributed by atoms with Gasteiger partial charge in [0.2, 0.25) is 6.23 Å². The van der Waals surface area contributed by atoms with Crippen LogP contribution >= 0.6 is 0 Å². The lowest BCUT2D eigenvalue weighted by Crippen LogP contribution is -3.00. The van der Waals surface area contributed by atoms with E-state index in [1.807, 2.05) is 13.8 Å². The third-order valence-corrected chi connectivity index (χ3v) is 4.47. The van der Waals surface area contributed by atoms with Crippen LogP contribution in [0.3, 0.4) is 0 Å². The molecule has 0 saturated carbocycles. The highest BCUT2D eigenvalue weighted by Gasteiger charge is 2.30. The molecule has 0 aliphatic rings. The summed E-state index contributed by atoms with van der Waals surface area (Å²) in [5.41, 5.74) is 0. The van der Waals surface area contributed by atoms with Crippen LogP contribution in [0.25, 0.3) is 0 Å². The second-order valence-electron chi connectivity index (χ2n) is 6.07. The molecule has 0 heterocycles. The van der Waals surface area contributed by atoms with Crippen LogP contribution in [0.2, 0.25) is 0 Å². The molecule has 3 nitrogen and oxygen atoms in total. The first kappa shape index (κ1) is 23.4. The third kappa shape index (κ3) is 11.4. The van der Waals surface area contributed by atoms with Crippen LogP contribution in [-0.2, 0) is 0 Å². The van der Waals surface area contributed by atoms with Gasteiger partial charge < -0.3 is 17.5 Å². The van der Waals surface area contributed by atoms with Crippen molar-refractivity contribution in [3.63, 3.8) is 0 Å². The molecule has 0 saturated heterocycles. The monoisotopic (exact) mass is 323 g/mol. The van der Waals surface area contributed by atoms with Gasteiger partial charge in [0, 0.05) is 6.42 Å². The Morgan fingerprint density at radius 2 is 1.10 bits per heavy atom. The van der Waals surface area contributed by atoms with E-state index < -0.39 is 6.23 Å². The summed E-state index contributed by atoms with van der Waals surface area (Å²) in [4.78, 5) is 0. The molecule has 0 aromatic rings. The molecule has 21 heavy (non-hydrogen) atoms. The molecule has 0 bridgehead atoms. The fourth-order valence-corrected chi connectivity index (χ4v) is 2.70. The van der Waals surface area contributed by atoms with Crippen molar-refractivity contribution < 1.29 is 27.4 Å². The van der Waals surface area contributed by atoms with Crippen molar-refractivity contribution in [1.29, 1.82) is 0 Å². The van der Waals surface area contributed by atoms with Crippen molar-refractivity contribution in [2.75, 3.05) is 13.1 Å². The number of nitrogens with zero attached hydrogens (tertiary/aromatic N) is 1. The lowest BCUT2D eigenvalue weighted by Gasteiger charge is -2.32. The van der Waals surface area contributed by atoms with Crippen LogP contribution in [0.5, 0.6) is 0 Å². The van der Waals surface area contributed by atoms with Crippen molar-refractivity contribution in [3.8, 4) is 0 Å². The minimum atomic E-state index is -0.612. The molecule has 1 unspecified atom stereocenters. The van der Waals surface area contributed by atoms with E-state index in [2.05, 4.69) is 6.92 Å². The summed E-state index contributed by atoms with van der Waals surface area (Å²) in [6, 6.07) is 0. The van der Waals surface area contributed by atoms with Crippen molar-refractivity contribution in [2.45, 2.75) is 97.6 Å². The van der Waals surface area contributed by atoms with E-state index in [1.54, 1.807) is 0 Å². The number of hydrogen-bond donors (Lipinski definition) is 2. The molecule has 0 amide bonds. The summed E-state index contributed by atoms with van der Waals surface area (Å²) >= 11 is 0. The molecule has 0 aromatic heterocycles. The minimum Gasteiger partial charge on any atom is -1.00 e. The lowest BCUT2D eigenvalue weighted by molar-refractivity contribution is -1.13. The maximum Gasteiger partial charge on any atom is 0.220 e. The first-order valence-electron chi connectivity index (χ1n) is 8.88. The summed E-state index contributed by atoms with van der Waals surface area (Å²) in [6.07, 6.45) is 13.1. The van der Waals surface area contributed by atoms with E-state index in [-0.39, 0.29) is 17.1 Å². The largest absolute Gasteiger partial charge is 1.00 e. The van der Waals surface area contributed by atoms with E-state index in [0.29, 0.717) is 19.5 Å². The molecule has 0 aliphatic carbocycles. The highest BCUT2D eigenvalue weighted by molar-refractivity contribution is 4.49. The van der Waals surface area contributed by atoms with E-state index >= 15 is 0 Å². The number of halogens is 1. The molecule has 0 aliphatic heterocycles. The van der Waals surface area contributed by atoms with Gasteiger partial charge in [0.05, 0.1) is 0 Å². The second-order valence-corrected chi connectivity index (χ2v) is 6.07. The molecular formula is C17H38ClNO2. The van der Waals surface area contributed by atoms with Gasteiger partial charge in [-0.1, -0.05) is 64.7 Å². The number of hydroxylamine groups is 3. The van der Waals surface area contributed by atoms with Crippen molar-refractivity contribution in [1.82, 2.24) is 0 Å². The molecule has 0 radical (unpaired) electrons. The molecule has 130 valence electrons. The predicted octanol–water partition coefficient (Wildman–Crippen LogP) is 1.87. The Morgan fingerprint density at radius 1 is 0.714 bits per heavy atom. The van der Waals surface area contributed by atoms with Crippen LogP contribution in [-0.4, -0.2) is 34.3 Å². The Balaban J connectivity index is 0. The van der Waals surface area contributed by atoms with Gasteiger partial charge in [-0.3, -0.25) is 0 Å². The lowest BCUT2D eigenvalue weighted by atomic mass is 10.1. The van der Waals surface area contributed by atoms with Gasteiger partial charge in [-0.2, -0.15) is 4.65 Å². The van der Waals surface area contributed by atoms with Crippen LogP contribution in [0.1, 0.15) is 91.4 Å². The average molecular weight is 324 g/mol. The first-order valence-corrected chi connectivity index (χ1v) is 8.88. The molecule has 0 aromatic carbocycles. The van der Waals surface area contributed by atoms with Crippen molar-refractivity contribution in [3.05, 3.63) is 0 Å². The summed E-state index contributed by atoms with van der Waals surface area (Å²) < 4.78 is -0.197. The summed E-state index contributed by atoms with van der Waals surface area (Å²) in [5.74, 6) is 0. The van der Waals surface area contributed by atoms with Gasteiger partial charge in [0.1, 0.15) is 13.1 Å². The van der Waals surface area contributed by atoms with Crippen molar-refractivity contribution in [2.24, 2.45) is 0 Å². The summed E-state index contributed by atoms with van der Waals surface area (Å²) in [6.45, 7) is 7.26. The number of aliphatic hydroxyl groups excluding tert-OH is 1.